The standard InChI is InChI=1S/C24H18N2O5/c25-15-18(14-17-10-12-19(13-11-17)30-16-23(27)28)24(29)26-21-8-4-5-9-22(21)31-20-6-2-1-3-7-20/h1-14H,16H2,(H,26,29)(H,27,28)/b18-14+. The van der Waals surface area contributed by atoms with Gasteiger partial charge in [-0.1, -0.05) is 42.5 Å². The summed E-state index contributed by atoms with van der Waals surface area (Å²) < 4.78 is 10.9. The van der Waals surface area contributed by atoms with Crippen LogP contribution in [0.5, 0.6) is 17.2 Å². The normalized spacial score (nSPS) is 10.6. The maximum Gasteiger partial charge on any atom is 0.341 e. The zero-order valence-corrected chi connectivity index (χ0v) is 16.3. The van der Waals surface area contributed by atoms with E-state index in [1.807, 2.05) is 24.3 Å². The number of benzene rings is 3. The molecule has 0 unspecified atom stereocenters. The highest BCUT2D eigenvalue weighted by Gasteiger charge is 2.13. The average Bonchev–Trinajstić information content (AvgIpc) is 2.78. The van der Waals surface area contributed by atoms with Crippen LogP contribution in [0.15, 0.2) is 84.4 Å². The zero-order chi connectivity index (χ0) is 22.1. The van der Waals surface area contributed by atoms with Crippen molar-refractivity contribution in [2.45, 2.75) is 0 Å². The largest absolute Gasteiger partial charge is 0.482 e. The third kappa shape index (κ3) is 6.21. The van der Waals surface area contributed by atoms with Crippen molar-refractivity contribution in [1.82, 2.24) is 0 Å². The highest BCUT2D eigenvalue weighted by atomic mass is 16.5. The quantitative estimate of drug-likeness (QED) is 0.415. The number of hydrogen-bond acceptors (Lipinski definition) is 5. The number of aliphatic carboxylic acids is 1. The van der Waals surface area contributed by atoms with Crippen LogP contribution in [0.4, 0.5) is 5.69 Å². The molecule has 2 N–H and O–H groups in total. The van der Waals surface area contributed by atoms with Gasteiger partial charge in [-0.25, -0.2) is 4.79 Å². The fraction of sp³-hybridized carbons (Fsp3) is 0.0417. The fourth-order valence-corrected chi connectivity index (χ4v) is 2.58. The second kappa shape index (κ2) is 10.3. The molecular weight excluding hydrogens is 396 g/mol. The van der Waals surface area contributed by atoms with Crippen LogP contribution >= 0.6 is 0 Å². The molecular formula is C24H18N2O5. The number of nitrogens with zero attached hydrogens (tertiary/aromatic N) is 1. The molecule has 1 amide bonds. The van der Waals surface area contributed by atoms with Gasteiger partial charge in [-0.2, -0.15) is 5.26 Å². The minimum absolute atomic E-state index is 0.103. The van der Waals surface area contributed by atoms with Gasteiger partial charge in [-0.3, -0.25) is 4.79 Å². The minimum atomic E-state index is -1.08. The Kier molecular flexibility index (Phi) is 7.01. The Morgan fingerprint density at radius 2 is 1.61 bits per heavy atom. The van der Waals surface area contributed by atoms with Crippen molar-refractivity contribution in [3.8, 4) is 23.3 Å². The predicted molar refractivity (Wildman–Crippen MR) is 115 cm³/mol. The Labute approximate surface area is 178 Å². The SMILES string of the molecule is N#C/C(=C\c1ccc(OCC(=O)O)cc1)C(=O)Nc1ccccc1Oc1ccccc1. The number of para-hydroxylation sites is 3. The van der Waals surface area contributed by atoms with Crippen LogP contribution in [0, 0.1) is 11.3 Å². The number of carboxylic acids is 1. The molecule has 0 fully saturated rings. The molecule has 0 aromatic heterocycles. The first-order valence-electron chi connectivity index (χ1n) is 9.25. The lowest BCUT2D eigenvalue weighted by Gasteiger charge is -2.12. The van der Waals surface area contributed by atoms with Crippen LogP contribution in [0.2, 0.25) is 0 Å². The molecule has 0 atom stereocenters. The molecule has 0 bridgehead atoms. The smallest absolute Gasteiger partial charge is 0.341 e. The van der Waals surface area contributed by atoms with Gasteiger partial charge in [0.15, 0.2) is 12.4 Å². The molecule has 31 heavy (non-hydrogen) atoms. The van der Waals surface area contributed by atoms with Gasteiger partial charge in [0.2, 0.25) is 0 Å². The van der Waals surface area contributed by atoms with Crippen molar-refractivity contribution >= 4 is 23.6 Å². The van der Waals surface area contributed by atoms with Gasteiger partial charge in [0, 0.05) is 0 Å². The Balaban J connectivity index is 1.73. The molecule has 0 radical (unpaired) electrons. The number of carbonyl (C=O) groups is 2. The maximum atomic E-state index is 12.6. The van der Waals surface area contributed by atoms with Gasteiger partial charge < -0.3 is 19.9 Å². The molecule has 0 saturated heterocycles. The number of anilines is 1. The van der Waals surface area contributed by atoms with Gasteiger partial charge in [0.1, 0.15) is 23.1 Å². The van der Waals surface area contributed by atoms with Gasteiger partial charge in [0.25, 0.3) is 5.91 Å². The first-order chi connectivity index (χ1) is 15.0. The first-order valence-corrected chi connectivity index (χ1v) is 9.25. The summed E-state index contributed by atoms with van der Waals surface area (Å²) in [5.74, 6) is -0.235. The van der Waals surface area contributed by atoms with E-state index in [2.05, 4.69) is 5.32 Å². The van der Waals surface area contributed by atoms with E-state index in [1.165, 1.54) is 6.08 Å². The highest BCUT2D eigenvalue weighted by molar-refractivity contribution is 6.10. The van der Waals surface area contributed by atoms with Crippen LogP contribution in [-0.2, 0) is 9.59 Å². The van der Waals surface area contributed by atoms with E-state index >= 15 is 0 Å². The highest BCUT2D eigenvalue weighted by Crippen LogP contribution is 2.29. The van der Waals surface area contributed by atoms with E-state index < -0.39 is 18.5 Å². The molecule has 7 heteroatoms. The van der Waals surface area contributed by atoms with Gasteiger partial charge in [-0.15, -0.1) is 0 Å². The van der Waals surface area contributed by atoms with Crippen molar-refractivity contribution in [1.29, 1.82) is 5.26 Å². The number of rotatable bonds is 8. The Morgan fingerprint density at radius 1 is 0.935 bits per heavy atom. The van der Waals surface area contributed by atoms with Crippen LogP contribution in [0.25, 0.3) is 6.08 Å². The lowest BCUT2D eigenvalue weighted by Crippen LogP contribution is -2.14. The number of hydrogen-bond donors (Lipinski definition) is 2. The molecule has 0 aliphatic rings. The molecule has 3 aromatic rings. The summed E-state index contributed by atoms with van der Waals surface area (Å²) >= 11 is 0. The summed E-state index contributed by atoms with van der Waals surface area (Å²) in [6.07, 6.45) is 1.43. The number of nitrogens with one attached hydrogen (secondary N) is 1. The Hall–Kier alpha value is -4.57. The van der Waals surface area contributed by atoms with Crippen molar-refractivity contribution in [3.05, 3.63) is 90.0 Å². The first kappa shape index (κ1) is 21.1. The average molecular weight is 414 g/mol. The van der Waals surface area contributed by atoms with E-state index in [-0.39, 0.29) is 5.57 Å². The van der Waals surface area contributed by atoms with Gasteiger partial charge in [0.05, 0.1) is 5.69 Å². The number of amides is 1. The lowest BCUT2D eigenvalue weighted by atomic mass is 10.1. The van der Waals surface area contributed by atoms with Crippen LogP contribution in [-0.4, -0.2) is 23.6 Å². The molecule has 0 aliphatic heterocycles. The monoisotopic (exact) mass is 414 g/mol. The summed E-state index contributed by atoms with van der Waals surface area (Å²) in [7, 11) is 0. The van der Waals surface area contributed by atoms with Crippen molar-refractivity contribution in [2.24, 2.45) is 0 Å². The van der Waals surface area contributed by atoms with Crippen molar-refractivity contribution in [3.63, 3.8) is 0 Å². The Morgan fingerprint density at radius 3 is 2.29 bits per heavy atom. The minimum Gasteiger partial charge on any atom is -0.482 e. The molecule has 7 nitrogen and oxygen atoms in total. The summed E-state index contributed by atoms with van der Waals surface area (Å²) in [5.41, 5.74) is 0.909. The molecule has 0 saturated carbocycles. The van der Waals surface area contributed by atoms with E-state index in [1.54, 1.807) is 60.7 Å². The maximum absolute atomic E-state index is 12.6. The van der Waals surface area contributed by atoms with Crippen molar-refractivity contribution in [2.75, 3.05) is 11.9 Å². The van der Waals surface area contributed by atoms with Crippen LogP contribution in [0.1, 0.15) is 5.56 Å². The van der Waals surface area contributed by atoms with Crippen LogP contribution in [0.3, 0.4) is 0 Å². The van der Waals surface area contributed by atoms with Crippen LogP contribution < -0.4 is 14.8 Å². The summed E-state index contributed by atoms with van der Waals surface area (Å²) in [5, 5.41) is 20.8. The molecule has 0 heterocycles. The second-order valence-electron chi connectivity index (χ2n) is 6.29. The molecule has 0 aliphatic carbocycles. The second-order valence-corrected chi connectivity index (χ2v) is 6.29. The topological polar surface area (TPSA) is 109 Å². The fourth-order valence-electron chi connectivity index (χ4n) is 2.58. The van der Waals surface area contributed by atoms with E-state index in [0.717, 1.165) is 0 Å². The number of ether oxygens (including phenoxy) is 2. The van der Waals surface area contributed by atoms with E-state index in [4.69, 9.17) is 14.6 Å². The Bertz CT molecular complexity index is 1130. The number of nitriles is 1. The summed E-state index contributed by atoms with van der Waals surface area (Å²) in [6.45, 7) is -0.453. The summed E-state index contributed by atoms with van der Waals surface area (Å²) in [4.78, 5) is 23.2. The zero-order valence-electron chi connectivity index (χ0n) is 16.3. The van der Waals surface area contributed by atoms with Crippen molar-refractivity contribution < 1.29 is 24.2 Å². The molecule has 0 spiro atoms. The number of carbonyl (C=O) groups excluding carboxylic acids is 1. The van der Waals surface area contributed by atoms with E-state index in [0.29, 0.717) is 28.5 Å². The molecule has 154 valence electrons. The predicted octanol–water partition coefficient (Wildman–Crippen LogP) is 4.49. The van der Waals surface area contributed by atoms with Gasteiger partial charge in [-0.05, 0) is 48.0 Å². The third-order valence-corrected chi connectivity index (χ3v) is 4.02. The molecule has 3 rings (SSSR count). The number of carboxylic acid groups (broad SMARTS) is 1. The third-order valence-electron chi connectivity index (χ3n) is 4.02. The summed E-state index contributed by atoms with van der Waals surface area (Å²) in [6, 6.07) is 24.3. The van der Waals surface area contributed by atoms with Gasteiger partial charge >= 0.3 is 5.97 Å². The lowest BCUT2D eigenvalue weighted by molar-refractivity contribution is -0.139. The molecule has 3 aromatic carbocycles. The van der Waals surface area contributed by atoms with E-state index in [9.17, 15) is 14.9 Å².